The third kappa shape index (κ3) is 4.78. The summed E-state index contributed by atoms with van der Waals surface area (Å²) in [5.74, 6) is 2.32. The van der Waals surface area contributed by atoms with Gasteiger partial charge >= 0.3 is 0 Å². The largest absolute Gasteiger partial charge is 0.371 e. The van der Waals surface area contributed by atoms with Gasteiger partial charge in [0, 0.05) is 24.3 Å². The van der Waals surface area contributed by atoms with Gasteiger partial charge < -0.3 is 4.90 Å². The van der Waals surface area contributed by atoms with Crippen molar-refractivity contribution in [2.45, 2.75) is 59.3 Å². The standard InChI is InChI=1S/C30H37ClN2/c1-4-22-19-33(25-13-8-20(2)9-14-25)17-16-23(22)12-15-26-27(24-10-11-24)18-32-30(26)29-21(3)6-5-7-28(29)31/h5-9,13-14,22-24H,4,10-12,15-19H2,1-3H3. The van der Waals surface area contributed by atoms with Crippen LogP contribution in [0.5, 0.6) is 0 Å². The van der Waals surface area contributed by atoms with Crippen molar-refractivity contribution in [3.8, 4) is 0 Å². The lowest BCUT2D eigenvalue weighted by atomic mass is 9.79. The molecule has 1 saturated carbocycles. The van der Waals surface area contributed by atoms with Crippen molar-refractivity contribution in [1.29, 1.82) is 0 Å². The van der Waals surface area contributed by atoms with Gasteiger partial charge in [-0.2, -0.15) is 0 Å². The number of benzene rings is 2. The van der Waals surface area contributed by atoms with E-state index < -0.39 is 0 Å². The second kappa shape index (κ2) is 9.66. The van der Waals surface area contributed by atoms with Gasteiger partial charge in [0.25, 0.3) is 0 Å². The molecule has 0 bridgehead atoms. The Morgan fingerprint density at radius 2 is 1.79 bits per heavy atom. The van der Waals surface area contributed by atoms with Gasteiger partial charge in [0.2, 0.25) is 0 Å². The summed E-state index contributed by atoms with van der Waals surface area (Å²) in [5, 5.41) is 0.848. The zero-order chi connectivity index (χ0) is 22.9. The Morgan fingerprint density at radius 1 is 1.00 bits per heavy atom. The van der Waals surface area contributed by atoms with Gasteiger partial charge in [-0.15, -0.1) is 0 Å². The molecule has 3 aliphatic rings. The number of halogens is 1. The predicted octanol–water partition coefficient (Wildman–Crippen LogP) is 7.80. The van der Waals surface area contributed by atoms with Crippen LogP contribution >= 0.6 is 11.6 Å². The van der Waals surface area contributed by atoms with E-state index in [-0.39, 0.29) is 0 Å². The molecule has 0 aromatic heterocycles. The highest BCUT2D eigenvalue weighted by molar-refractivity contribution is 6.36. The fourth-order valence-electron chi connectivity index (χ4n) is 6.00. The third-order valence-electron chi connectivity index (χ3n) is 8.19. The molecule has 0 radical (unpaired) electrons. The second-order valence-corrected chi connectivity index (χ2v) is 10.8. The minimum Gasteiger partial charge on any atom is -0.371 e. The maximum atomic E-state index is 6.69. The molecule has 33 heavy (non-hydrogen) atoms. The van der Waals surface area contributed by atoms with Crippen LogP contribution in [0, 0.1) is 31.6 Å². The summed E-state index contributed by atoms with van der Waals surface area (Å²) in [7, 11) is 0. The molecule has 2 unspecified atom stereocenters. The van der Waals surface area contributed by atoms with Crippen LogP contribution in [0.4, 0.5) is 5.69 Å². The van der Waals surface area contributed by atoms with Crippen molar-refractivity contribution >= 4 is 23.0 Å². The molecule has 2 aliphatic heterocycles. The molecule has 2 fully saturated rings. The summed E-state index contributed by atoms with van der Waals surface area (Å²) in [6, 6.07) is 15.3. The molecule has 174 valence electrons. The number of piperidine rings is 1. The van der Waals surface area contributed by atoms with Gasteiger partial charge in [-0.3, -0.25) is 4.99 Å². The minimum atomic E-state index is 0.758. The summed E-state index contributed by atoms with van der Waals surface area (Å²) in [6.07, 6.45) is 7.66. The van der Waals surface area contributed by atoms with E-state index in [0.29, 0.717) is 0 Å². The fourth-order valence-corrected chi connectivity index (χ4v) is 6.31. The predicted molar refractivity (Wildman–Crippen MR) is 142 cm³/mol. The molecule has 0 amide bonds. The summed E-state index contributed by atoms with van der Waals surface area (Å²) in [6.45, 7) is 9.96. The highest BCUT2D eigenvalue weighted by Gasteiger charge is 2.35. The van der Waals surface area contributed by atoms with Crippen molar-refractivity contribution in [1.82, 2.24) is 0 Å². The van der Waals surface area contributed by atoms with Gasteiger partial charge in [-0.1, -0.05) is 54.8 Å². The topological polar surface area (TPSA) is 15.6 Å². The minimum absolute atomic E-state index is 0.758. The smallest absolute Gasteiger partial charge is 0.0700 e. The molecule has 1 aliphatic carbocycles. The third-order valence-corrected chi connectivity index (χ3v) is 8.50. The quantitative estimate of drug-likeness (QED) is 0.411. The Hall–Kier alpha value is -2.06. The molecule has 0 N–H and O–H groups in total. The zero-order valence-corrected chi connectivity index (χ0v) is 21.2. The van der Waals surface area contributed by atoms with E-state index in [0.717, 1.165) is 35.7 Å². The lowest BCUT2D eigenvalue weighted by Gasteiger charge is -2.40. The van der Waals surface area contributed by atoms with Crippen LogP contribution in [-0.2, 0) is 0 Å². The SMILES string of the molecule is CCC1CN(c2ccc(C)cc2)CCC1CCC1=C(C2CC2)CN=C1c1c(C)cccc1Cl. The van der Waals surface area contributed by atoms with Gasteiger partial charge in [0.05, 0.1) is 17.3 Å². The summed E-state index contributed by atoms with van der Waals surface area (Å²) < 4.78 is 0. The van der Waals surface area contributed by atoms with E-state index in [1.54, 1.807) is 5.57 Å². The zero-order valence-electron chi connectivity index (χ0n) is 20.4. The highest BCUT2D eigenvalue weighted by atomic mass is 35.5. The van der Waals surface area contributed by atoms with Crippen LogP contribution in [0.25, 0.3) is 0 Å². The number of anilines is 1. The molecular weight excluding hydrogens is 424 g/mol. The fraction of sp³-hybridized carbons (Fsp3) is 0.500. The molecule has 2 aromatic carbocycles. The lowest BCUT2D eigenvalue weighted by Crippen LogP contribution is -2.40. The summed E-state index contributed by atoms with van der Waals surface area (Å²) in [5.41, 5.74) is 9.49. The Balaban J connectivity index is 1.31. The van der Waals surface area contributed by atoms with Crippen LogP contribution in [-0.4, -0.2) is 25.3 Å². The molecular formula is C30H37ClN2. The first-order valence-electron chi connectivity index (χ1n) is 12.9. The maximum Gasteiger partial charge on any atom is 0.0700 e. The first-order valence-corrected chi connectivity index (χ1v) is 13.3. The Bertz CT molecular complexity index is 1040. The average molecular weight is 461 g/mol. The number of allylic oxidation sites excluding steroid dienone is 1. The van der Waals surface area contributed by atoms with Crippen molar-refractivity contribution < 1.29 is 0 Å². The number of rotatable bonds is 7. The Kier molecular flexibility index (Phi) is 6.65. The summed E-state index contributed by atoms with van der Waals surface area (Å²) in [4.78, 5) is 7.67. The van der Waals surface area contributed by atoms with Crippen molar-refractivity contribution in [3.05, 3.63) is 75.3 Å². The van der Waals surface area contributed by atoms with Crippen LogP contribution in [0.15, 0.2) is 58.6 Å². The molecule has 2 heterocycles. The lowest BCUT2D eigenvalue weighted by molar-refractivity contribution is 0.256. The van der Waals surface area contributed by atoms with E-state index in [9.17, 15) is 0 Å². The molecule has 5 rings (SSSR count). The van der Waals surface area contributed by atoms with E-state index in [2.05, 4.69) is 62.1 Å². The number of aryl methyl sites for hydroxylation is 2. The van der Waals surface area contributed by atoms with E-state index in [1.165, 1.54) is 78.9 Å². The number of aliphatic imine (C=N–C) groups is 1. The molecule has 2 aromatic rings. The molecule has 1 saturated heterocycles. The first kappa shape index (κ1) is 22.7. The van der Waals surface area contributed by atoms with E-state index >= 15 is 0 Å². The molecule has 2 atom stereocenters. The molecule has 2 nitrogen and oxygen atoms in total. The van der Waals surface area contributed by atoms with Gasteiger partial charge in [-0.25, -0.2) is 0 Å². The van der Waals surface area contributed by atoms with Crippen molar-refractivity contribution in [3.63, 3.8) is 0 Å². The van der Waals surface area contributed by atoms with Gasteiger partial charge in [0.15, 0.2) is 0 Å². The highest BCUT2D eigenvalue weighted by Crippen LogP contribution is 2.44. The van der Waals surface area contributed by atoms with Crippen LogP contribution < -0.4 is 4.90 Å². The average Bonchev–Trinajstić information content (AvgIpc) is 3.58. The van der Waals surface area contributed by atoms with Crippen molar-refractivity contribution in [2.24, 2.45) is 22.7 Å². The maximum absolute atomic E-state index is 6.69. The van der Waals surface area contributed by atoms with Crippen LogP contribution in [0.3, 0.4) is 0 Å². The Labute approximate surface area is 204 Å². The monoisotopic (exact) mass is 460 g/mol. The molecule has 0 spiro atoms. The van der Waals surface area contributed by atoms with Crippen molar-refractivity contribution in [2.75, 3.05) is 24.5 Å². The second-order valence-electron chi connectivity index (χ2n) is 10.4. The normalized spacial score (nSPS) is 23.3. The van der Waals surface area contributed by atoms with Crippen LogP contribution in [0.2, 0.25) is 5.02 Å². The number of hydrogen-bond donors (Lipinski definition) is 0. The van der Waals surface area contributed by atoms with Gasteiger partial charge in [-0.05, 0) is 98.6 Å². The number of nitrogens with zero attached hydrogens (tertiary/aromatic N) is 2. The van der Waals surface area contributed by atoms with Crippen LogP contribution in [0.1, 0.15) is 62.1 Å². The summed E-state index contributed by atoms with van der Waals surface area (Å²) >= 11 is 6.69. The van der Waals surface area contributed by atoms with Gasteiger partial charge in [0.1, 0.15) is 0 Å². The Morgan fingerprint density at radius 3 is 2.48 bits per heavy atom. The van der Waals surface area contributed by atoms with E-state index in [4.69, 9.17) is 16.6 Å². The molecule has 3 heteroatoms. The van der Waals surface area contributed by atoms with E-state index in [1.807, 2.05) is 6.07 Å². The number of hydrogen-bond acceptors (Lipinski definition) is 2. The first-order chi connectivity index (χ1) is 16.0.